The number of hydrogen-bond donors (Lipinski definition) is 2. The predicted octanol–water partition coefficient (Wildman–Crippen LogP) is 7.70. The Bertz CT molecular complexity index is 1920. The molecule has 0 radical (unpaired) electrons. The number of aromatic nitrogens is 6. The highest BCUT2D eigenvalue weighted by molar-refractivity contribution is 7.98. The van der Waals surface area contributed by atoms with Crippen molar-refractivity contribution in [3.05, 3.63) is 99.6 Å². The number of carbonyl (C=O) groups is 1. The lowest BCUT2D eigenvalue weighted by Crippen LogP contribution is -2.31. The fourth-order valence-corrected chi connectivity index (χ4v) is 6.66. The van der Waals surface area contributed by atoms with Crippen molar-refractivity contribution in [2.75, 3.05) is 7.11 Å². The zero-order valence-corrected chi connectivity index (χ0v) is 26.7. The summed E-state index contributed by atoms with van der Waals surface area (Å²) in [5.74, 6) is -3.93. The molecule has 0 bridgehead atoms. The van der Waals surface area contributed by atoms with Gasteiger partial charge in [-0.3, -0.25) is 4.57 Å². The number of aryl methyl sites for hydroxylation is 1. The molecular formula is C31H25ClF6N6O3S. The highest BCUT2D eigenvalue weighted by Gasteiger charge is 2.40. The average Bonchev–Trinajstić information content (AvgIpc) is 3.71. The molecule has 2 heterocycles. The first kappa shape index (κ1) is 34.8. The van der Waals surface area contributed by atoms with E-state index in [1.807, 2.05) is 22.8 Å². The maximum Gasteiger partial charge on any atom is 0.490 e. The van der Waals surface area contributed by atoms with E-state index in [9.17, 15) is 17.6 Å². The molecule has 1 aliphatic carbocycles. The zero-order valence-electron chi connectivity index (χ0n) is 25.1. The number of fused-ring (bicyclic) bond motifs is 1. The lowest BCUT2D eigenvalue weighted by molar-refractivity contribution is -0.192. The van der Waals surface area contributed by atoms with Crippen LogP contribution < -0.4 is 4.74 Å². The van der Waals surface area contributed by atoms with Crippen LogP contribution in [0.4, 0.5) is 26.3 Å². The van der Waals surface area contributed by atoms with Crippen molar-refractivity contribution in [3.63, 3.8) is 0 Å². The number of alkyl halides is 3. The Morgan fingerprint density at radius 2 is 1.77 bits per heavy atom. The number of ether oxygens (including phenoxy) is 1. The molecule has 0 spiro atoms. The van der Waals surface area contributed by atoms with E-state index in [0.717, 1.165) is 36.2 Å². The largest absolute Gasteiger partial charge is 0.495 e. The molecule has 1 unspecified atom stereocenters. The summed E-state index contributed by atoms with van der Waals surface area (Å²) in [5, 5.41) is 21.5. The van der Waals surface area contributed by atoms with Gasteiger partial charge in [0.1, 0.15) is 23.2 Å². The monoisotopic (exact) mass is 710 g/mol. The van der Waals surface area contributed by atoms with Gasteiger partial charge in [-0.25, -0.2) is 22.9 Å². The summed E-state index contributed by atoms with van der Waals surface area (Å²) in [6.07, 6.45) is -2.64. The first-order chi connectivity index (χ1) is 22.7. The molecule has 48 heavy (non-hydrogen) atoms. The standard InChI is InChI=1S/C29H24ClF3N6OS.C2HF3O2/c1-29(17-5-10-21(30)25(14-17)40-2)11-3-4-24-26(29)39(19-8-6-18(31)7-9-19)28(34-24)41-15-20-22(32)12-16(13-23(20)33)27-35-37-38-36-27;3-2(4,5)1(6)7/h5-10,12-14H,3-4,11,15H2,1-2H3,(H,35,36,37,38);(H,6,7). The second-order valence-electron chi connectivity index (χ2n) is 10.8. The summed E-state index contributed by atoms with van der Waals surface area (Å²) >= 11 is 7.55. The first-order valence-corrected chi connectivity index (χ1v) is 15.5. The number of hydrogen-bond acceptors (Lipinski definition) is 7. The van der Waals surface area contributed by atoms with Crippen molar-refractivity contribution < 1.29 is 41.0 Å². The van der Waals surface area contributed by atoms with E-state index in [0.29, 0.717) is 21.6 Å². The summed E-state index contributed by atoms with van der Waals surface area (Å²) in [6, 6.07) is 14.2. The van der Waals surface area contributed by atoms with Crippen LogP contribution in [0.2, 0.25) is 5.02 Å². The minimum atomic E-state index is -5.08. The molecule has 0 saturated carbocycles. The van der Waals surface area contributed by atoms with Gasteiger partial charge >= 0.3 is 12.1 Å². The number of nitrogens with one attached hydrogen (secondary N) is 1. The maximum absolute atomic E-state index is 15.1. The number of thioether (sulfide) groups is 1. The van der Waals surface area contributed by atoms with E-state index in [1.165, 1.54) is 36.0 Å². The number of methoxy groups -OCH3 is 1. The van der Waals surface area contributed by atoms with Gasteiger partial charge in [-0.15, -0.1) is 10.2 Å². The van der Waals surface area contributed by atoms with Crippen molar-refractivity contribution in [2.24, 2.45) is 0 Å². The van der Waals surface area contributed by atoms with Gasteiger partial charge in [-0.1, -0.05) is 29.4 Å². The Morgan fingerprint density at radius 3 is 2.35 bits per heavy atom. The lowest BCUT2D eigenvalue weighted by Gasteiger charge is -2.36. The number of aromatic amines is 1. The third-order valence-corrected chi connectivity index (χ3v) is 9.01. The SMILES string of the molecule is COc1cc(C2(C)CCCc3nc(SCc4c(F)cc(-c5nn[nH]n5)cc4F)n(-c4ccc(F)cc4)c32)ccc1Cl.O=C(O)C(F)(F)F. The Morgan fingerprint density at radius 1 is 1.10 bits per heavy atom. The van der Waals surface area contributed by atoms with Crippen molar-refractivity contribution in [1.29, 1.82) is 0 Å². The molecule has 1 atom stereocenters. The number of nitrogens with zero attached hydrogens (tertiary/aromatic N) is 5. The molecule has 9 nitrogen and oxygen atoms in total. The van der Waals surface area contributed by atoms with E-state index in [2.05, 4.69) is 27.5 Å². The number of carboxylic acids is 1. The van der Waals surface area contributed by atoms with Gasteiger partial charge in [-0.2, -0.15) is 18.4 Å². The molecule has 17 heteroatoms. The fraction of sp³-hybridized carbons (Fsp3) is 0.258. The van der Waals surface area contributed by atoms with Gasteiger partial charge < -0.3 is 9.84 Å². The van der Waals surface area contributed by atoms with Crippen LogP contribution in [0.25, 0.3) is 17.1 Å². The molecule has 1 aliphatic rings. The van der Waals surface area contributed by atoms with E-state index >= 15 is 8.78 Å². The van der Waals surface area contributed by atoms with Gasteiger partial charge in [0, 0.05) is 28.0 Å². The van der Waals surface area contributed by atoms with Gasteiger partial charge in [0.25, 0.3) is 0 Å². The highest BCUT2D eigenvalue weighted by atomic mass is 35.5. The van der Waals surface area contributed by atoms with Crippen LogP contribution in [0, 0.1) is 17.5 Å². The van der Waals surface area contributed by atoms with Crippen LogP contribution >= 0.6 is 23.4 Å². The molecule has 252 valence electrons. The fourth-order valence-electron chi connectivity index (χ4n) is 5.41. The molecule has 6 rings (SSSR count). The Kier molecular flexibility index (Phi) is 10.1. The van der Waals surface area contributed by atoms with Gasteiger partial charge in [0.15, 0.2) is 5.16 Å². The number of tetrazole rings is 1. The smallest absolute Gasteiger partial charge is 0.490 e. The molecule has 0 aliphatic heterocycles. The molecule has 3 aromatic carbocycles. The molecular weight excluding hydrogens is 686 g/mol. The number of imidazole rings is 1. The Balaban J connectivity index is 0.000000582. The Labute approximate surface area is 278 Å². The van der Waals surface area contributed by atoms with Crippen molar-refractivity contribution in [3.8, 4) is 22.8 Å². The number of carboxylic acid groups (broad SMARTS) is 1. The normalized spacial score (nSPS) is 15.8. The maximum atomic E-state index is 15.1. The second-order valence-corrected chi connectivity index (χ2v) is 12.1. The van der Waals surface area contributed by atoms with Crippen molar-refractivity contribution in [2.45, 2.75) is 48.7 Å². The highest BCUT2D eigenvalue weighted by Crippen LogP contribution is 2.47. The summed E-state index contributed by atoms with van der Waals surface area (Å²) in [7, 11) is 1.57. The van der Waals surface area contributed by atoms with Gasteiger partial charge in [0.2, 0.25) is 5.82 Å². The third-order valence-electron chi connectivity index (χ3n) is 7.74. The number of aliphatic carboxylic acids is 1. The van der Waals surface area contributed by atoms with Gasteiger partial charge in [-0.05, 0) is 85.5 Å². The predicted molar refractivity (Wildman–Crippen MR) is 164 cm³/mol. The van der Waals surface area contributed by atoms with Crippen LogP contribution in [-0.4, -0.2) is 54.5 Å². The van der Waals surface area contributed by atoms with E-state index < -0.39 is 29.2 Å². The summed E-state index contributed by atoms with van der Waals surface area (Å²) in [4.78, 5) is 13.9. The van der Waals surface area contributed by atoms with Crippen molar-refractivity contribution >= 4 is 29.3 Å². The first-order valence-electron chi connectivity index (χ1n) is 14.1. The number of benzene rings is 3. The quantitative estimate of drug-likeness (QED) is 0.130. The molecule has 2 aromatic heterocycles. The molecule has 2 N–H and O–H groups in total. The summed E-state index contributed by atoms with van der Waals surface area (Å²) < 4.78 is 83.4. The average molecular weight is 711 g/mol. The van der Waals surface area contributed by atoms with Crippen molar-refractivity contribution in [1.82, 2.24) is 30.2 Å². The Hall–Kier alpha value is -4.57. The number of rotatable bonds is 7. The second kappa shape index (κ2) is 13.9. The minimum absolute atomic E-state index is 0.0211. The third kappa shape index (κ3) is 7.13. The van der Waals surface area contributed by atoms with Crippen LogP contribution in [0.3, 0.4) is 0 Å². The van der Waals surface area contributed by atoms with E-state index in [-0.39, 0.29) is 28.5 Å². The van der Waals surface area contributed by atoms with Crippen LogP contribution in [0.1, 0.15) is 42.3 Å². The molecule has 0 amide bonds. The minimum Gasteiger partial charge on any atom is -0.495 e. The number of halogens is 7. The van der Waals surface area contributed by atoms with E-state index in [4.69, 9.17) is 31.2 Å². The lowest BCUT2D eigenvalue weighted by atomic mass is 9.71. The molecule has 5 aromatic rings. The zero-order chi connectivity index (χ0) is 34.8. The number of H-pyrrole nitrogens is 1. The summed E-state index contributed by atoms with van der Waals surface area (Å²) in [6.45, 7) is 2.14. The summed E-state index contributed by atoms with van der Waals surface area (Å²) in [5.41, 5.74) is 3.11. The van der Waals surface area contributed by atoms with Crippen LogP contribution in [0.5, 0.6) is 5.75 Å². The van der Waals surface area contributed by atoms with Crippen LogP contribution in [-0.2, 0) is 22.4 Å². The molecule has 0 saturated heterocycles. The van der Waals surface area contributed by atoms with Crippen LogP contribution in [0.15, 0.2) is 59.8 Å². The topological polar surface area (TPSA) is 119 Å². The van der Waals surface area contributed by atoms with E-state index in [1.54, 1.807) is 19.2 Å². The molecule has 0 fully saturated rings. The van der Waals surface area contributed by atoms with Gasteiger partial charge in [0.05, 0.1) is 23.5 Å².